The molecule has 3 aliphatic rings. The second-order valence-electron chi connectivity index (χ2n) is 9.07. The van der Waals surface area contributed by atoms with Gasteiger partial charge in [-0.15, -0.1) is 0 Å². The molecule has 3 aliphatic heterocycles. The number of nitrogens with one attached hydrogen (secondary N) is 1. The number of ether oxygens (including phenoxy) is 5. The molecule has 0 spiro atoms. The Labute approximate surface area is 210 Å². The van der Waals surface area contributed by atoms with Crippen molar-refractivity contribution in [2.75, 3.05) is 19.8 Å². The minimum Gasteiger partial charge on any atom is -0.394 e. The summed E-state index contributed by atoms with van der Waals surface area (Å²) in [6, 6.07) is -1.42. The van der Waals surface area contributed by atoms with E-state index in [4.69, 9.17) is 23.7 Å². The number of amides is 1. The van der Waals surface area contributed by atoms with Crippen molar-refractivity contribution in [3.63, 3.8) is 0 Å². The molecule has 0 unspecified atom stereocenters. The van der Waals surface area contributed by atoms with Crippen molar-refractivity contribution in [1.29, 1.82) is 0 Å². The van der Waals surface area contributed by atoms with Crippen LogP contribution in [-0.2, 0) is 28.5 Å². The van der Waals surface area contributed by atoms with Crippen molar-refractivity contribution in [2.45, 2.75) is 99.0 Å². The molecule has 1 amide bonds. The topological polar surface area (TPSA) is 278 Å². The minimum absolute atomic E-state index is 0.654. The van der Waals surface area contributed by atoms with Crippen LogP contribution in [0.2, 0.25) is 0 Å². The zero-order valence-electron chi connectivity index (χ0n) is 19.7. The molecule has 17 nitrogen and oxygen atoms in total. The normalized spacial score (nSPS) is 47.5. The van der Waals surface area contributed by atoms with Gasteiger partial charge in [0.15, 0.2) is 18.9 Å². The molecule has 0 saturated carbocycles. The molecule has 0 radical (unpaired) electrons. The highest BCUT2D eigenvalue weighted by Crippen LogP contribution is 2.34. The molecule has 0 aliphatic carbocycles. The van der Waals surface area contributed by atoms with Gasteiger partial charge in [0, 0.05) is 6.92 Å². The Hall–Kier alpha value is -1.13. The quantitative estimate of drug-likeness (QED) is 0.128. The van der Waals surface area contributed by atoms with E-state index >= 15 is 0 Å². The lowest BCUT2D eigenvalue weighted by Gasteiger charge is -2.44. The Kier molecular flexibility index (Phi) is 10.5. The Morgan fingerprint density at radius 2 is 1.35 bits per heavy atom. The molecule has 3 heterocycles. The number of carbonyl (C=O) groups excluding carboxylic acids is 1. The summed E-state index contributed by atoms with van der Waals surface area (Å²) in [6.45, 7) is -1.25. The van der Waals surface area contributed by atoms with Gasteiger partial charge in [0.1, 0.15) is 73.2 Å². The van der Waals surface area contributed by atoms with E-state index < -0.39 is 118 Å². The summed E-state index contributed by atoms with van der Waals surface area (Å²) in [5, 5.41) is 103. The zero-order chi connectivity index (χ0) is 27.6. The van der Waals surface area contributed by atoms with Crippen LogP contribution in [0.5, 0.6) is 0 Å². The van der Waals surface area contributed by atoms with Crippen molar-refractivity contribution in [3.05, 3.63) is 0 Å². The average molecular weight is 545 g/mol. The van der Waals surface area contributed by atoms with Crippen molar-refractivity contribution in [2.24, 2.45) is 0 Å². The predicted octanol–water partition coefficient (Wildman–Crippen LogP) is -7.43. The summed E-state index contributed by atoms with van der Waals surface area (Å²) in [5.41, 5.74) is 0. The van der Waals surface area contributed by atoms with Gasteiger partial charge >= 0.3 is 0 Å². The van der Waals surface area contributed by atoms with Gasteiger partial charge in [0.05, 0.1) is 19.8 Å². The van der Waals surface area contributed by atoms with Crippen LogP contribution in [0.3, 0.4) is 0 Å². The predicted molar refractivity (Wildman–Crippen MR) is 113 cm³/mol. The second-order valence-corrected chi connectivity index (χ2v) is 9.07. The third-order valence-corrected chi connectivity index (χ3v) is 6.47. The van der Waals surface area contributed by atoms with Crippen LogP contribution in [0.1, 0.15) is 6.92 Å². The van der Waals surface area contributed by atoms with Gasteiger partial charge in [-0.05, 0) is 0 Å². The van der Waals surface area contributed by atoms with E-state index in [0.29, 0.717) is 0 Å². The van der Waals surface area contributed by atoms with E-state index in [0.717, 1.165) is 6.92 Å². The Morgan fingerprint density at radius 3 is 1.92 bits per heavy atom. The lowest BCUT2D eigenvalue weighted by molar-refractivity contribution is -0.342. The fraction of sp³-hybridized carbons (Fsp3) is 0.950. The number of rotatable bonds is 9. The fourth-order valence-corrected chi connectivity index (χ4v) is 4.45. The summed E-state index contributed by atoms with van der Waals surface area (Å²) in [5.74, 6) is -0.654. The van der Waals surface area contributed by atoms with Crippen LogP contribution in [0.15, 0.2) is 0 Å². The van der Waals surface area contributed by atoms with Crippen molar-refractivity contribution in [3.8, 4) is 0 Å². The van der Waals surface area contributed by atoms with E-state index in [9.17, 15) is 55.9 Å². The Balaban J connectivity index is 1.86. The Morgan fingerprint density at radius 1 is 0.784 bits per heavy atom. The maximum atomic E-state index is 11.7. The van der Waals surface area contributed by atoms with Gasteiger partial charge in [0.25, 0.3) is 0 Å². The van der Waals surface area contributed by atoms with Gasteiger partial charge in [-0.25, -0.2) is 0 Å². The SMILES string of the molecule is CC(=O)N[C@H]1[C@@H](O[C@H]2[C@@H](O[C@@H]3[C@@H](O)[C@@H](O)[C@@H](CO)O[C@H]3O)O[C@@H]([C@H](O)CO)[C@@H]2O)O[C@H](CO)[C@@H](O)[C@@H]1O. The van der Waals surface area contributed by atoms with E-state index in [1.165, 1.54) is 0 Å². The maximum Gasteiger partial charge on any atom is 0.217 e. The van der Waals surface area contributed by atoms with E-state index in [-0.39, 0.29) is 0 Å². The summed E-state index contributed by atoms with van der Waals surface area (Å²) in [6.07, 6.45) is -23.2. The van der Waals surface area contributed by atoms with E-state index in [2.05, 4.69) is 5.32 Å². The highest BCUT2D eigenvalue weighted by Gasteiger charge is 2.55. The van der Waals surface area contributed by atoms with Crippen LogP contribution in [0, 0.1) is 0 Å². The molecule has 3 fully saturated rings. The van der Waals surface area contributed by atoms with E-state index in [1.54, 1.807) is 0 Å². The first-order valence-corrected chi connectivity index (χ1v) is 11.6. The first kappa shape index (κ1) is 30.4. The number of carbonyl (C=O) groups is 1. The summed E-state index contributed by atoms with van der Waals surface area (Å²) in [4.78, 5) is 11.7. The van der Waals surface area contributed by atoms with Crippen LogP contribution in [0.4, 0.5) is 0 Å². The largest absolute Gasteiger partial charge is 0.394 e. The minimum atomic E-state index is -1.90. The zero-order valence-corrected chi connectivity index (χ0v) is 19.7. The van der Waals surface area contributed by atoms with Crippen LogP contribution < -0.4 is 5.32 Å². The molecule has 0 bridgehead atoms. The number of hydrogen-bond donors (Lipinski definition) is 11. The first-order valence-electron chi connectivity index (χ1n) is 11.6. The molecular weight excluding hydrogens is 510 g/mol. The van der Waals surface area contributed by atoms with Gasteiger partial charge in [-0.1, -0.05) is 0 Å². The van der Waals surface area contributed by atoms with Crippen molar-refractivity contribution >= 4 is 5.91 Å². The smallest absolute Gasteiger partial charge is 0.217 e. The van der Waals surface area contributed by atoms with Gasteiger partial charge in [0.2, 0.25) is 5.91 Å². The van der Waals surface area contributed by atoms with Gasteiger partial charge in [-0.3, -0.25) is 4.79 Å². The molecule has 3 saturated heterocycles. The highest BCUT2D eigenvalue weighted by atomic mass is 16.8. The number of hydrogen-bond acceptors (Lipinski definition) is 16. The molecule has 15 atom stereocenters. The first-order chi connectivity index (χ1) is 17.4. The molecule has 0 aromatic heterocycles. The van der Waals surface area contributed by atoms with Crippen LogP contribution in [0.25, 0.3) is 0 Å². The van der Waals surface area contributed by atoms with Crippen molar-refractivity contribution < 1.29 is 79.5 Å². The summed E-state index contributed by atoms with van der Waals surface area (Å²) < 4.78 is 27.2. The van der Waals surface area contributed by atoms with Gasteiger partial charge < -0.3 is 80.1 Å². The van der Waals surface area contributed by atoms with E-state index in [1.807, 2.05) is 0 Å². The molecule has 11 N–H and O–H groups in total. The fourth-order valence-electron chi connectivity index (χ4n) is 4.45. The average Bonchev–Trinajstić information content (AvgIpc) is 3.17. The monoisotopic (exact) mass is 545 g/mol. The summed E-state index contributed by atoms with van der Waals surface area (Å²) >= 11 is 0. The lowest BCUT2D eigenvalue weighted by Crippen LogP contribution is -2.65. The molecule has 3 rings (SSSR count). The molecule has 0 aromatic rings. The van der Waals surface area contributed by atoms with Crippen molar-refractivity contribution in [1.82, 2.24) is 5.32 Å². The van der Waals surface area contributed by atoms with Crippen LogP contribution in [-0.4, -0.2) is 169 Å². The standard InChI is InChI=1S/C20H35NO16/c1-5(25)21-9-12(29)10(27)8(4-24)34-19(9)37-17-14(31)15(6(26)2-22)35-20(17)36-16-13(30)11(28)7(3-23)33-18(16)32/h6-20,22-24,26-32H,2-4H2,1H3,(H,21,25)/t6-,7-,8-,9-,10-,11+,12-,13+,14+,15+,16-,17-,18-,19-,20-/m1/s1. The number of aliphatic hydroxyl groups excluding tert-OH is 10. The molecule has 216 valence electrons. The summed E-state index contributed by atoms with van der Waals surface area (Å²) in [7, 11) is 0. The molecule has 17 heteroatoms. The third-order valence-electron chi connectivity index (χ3n) is 6.47. The van der Waals surface area contributed by atoms with Gasteiger partial charge in [-0.2, -0.15) is 0 Å². The molecular formula is C20H35NO16. The number of aliphatic hydroxyl groups is 10. The maximum absolute atomic E-state index is 11.7. The Bertz CT molecular complexity index is 747. The lowest BCUT2D eigenvalue weighted by atomic mass is 9.96. The molecule has 0 aromatic carbocycles. The van der Waals surface area contributed by atoms with Crippen LogP contribution >= 0.6 is 0 Å². The second kappa shape index (κ2) is 12.8. The molecule has 37 heavy (non-hydrogen) atoms. The third kappa shape index (κ3) is 6.38. The highest BCUT2D eigenvalue weighted by molar-refractivity contribution is 5.73.